The van der Waals surface area contributed by atoms with Crippen molar-refractivity contribution < 1.29 is 4.79 Å². The van der Waals surface area contributed by atoms with Crippen LogP contribution in [0.4, 0.5) is 5.69 Å². The molecule has 0 bridgehead atoms. The van der Waals surface area contributed by atoms with Crippen LogP contribution < -0.4 is 10.6 Å². The largest absolute Gasteiger partial charge is 0.387 e. The van der Waals surface area contributed by atoms with Gasteiger partial charge in [-0.1, -0.05) is 18.2 Å². The first-order chi connectivity index (χ1) is 7.20. The second kappa shape index (κ2) is 3.73. The third-order valence-corrected chi connectivity index (χ3v) is 2.65. The number of hydrogen-bond donors (Lipinski definition) is 2. The number of amidine groups is 1. The summed E-state index contributed by atoms with van der Waals surface area (Å²) in [5, 5.41) is 7.30. The number of carbonyl (C=O) groups excluding carboxylic acids is 1. The molecule has 0 aliphatic carbocycles. The zero-order valence-corrected chi connectivity index (χ0v) is 8.31. The van der Waals surface area contributed by atoms with Crippen LogP contribution in [-0.4, -0.2) is 18.3 Å². The molecule has 4 heteroatoms. The van der Waals surface area contributed by atoms with Gasteiger partial charge >= 0.3 is 0 Å². The van der Waals surface area contributed by atoms with Crippen LogP contribution in [-0.2, 0) is 4.79 Å². The summed E-state index contributed by atoms with van der Waals surface area (Å²) in [6, 6.07) is 9.47. The van der Waals surface area contributed by atoms with E-state index in [1.807, 2.05) is 30.3 Å². The SMILES string of the molecule is N=C(N)C1CCN(c2ccccc2)C1=O. The normalized spacial score (nSPS) is 20.7. The molecule has 1 aromatic carbocycles. The number of para-hydroxylation sites is 1. The van der Waals surface area contributed by atoms with E-state index >= 15 is 0 Å². The number of carbonyl (C=O) groups is 1. The van der Waals surface area contributed by atoms with E-state index in [9.17, 15) is 4.79 Å². The van der Waals surface area contributed by atoms with E-state index in [-0.39, 0.29) is 11.7 Å². The topological polar surface area (TPSA) is 70.2 Å². The first-order valence-electron chi connectivity index (χ1n) is 4.90. The number of rotatable bonds is 2. The third-order valence-electron chi connectivity index (χ3n) is 2.65. The first kappa shape index (κ1) is 9.71. The average molecular weight is 203 g/mol. The summed E-state index contributed by atoms with van der Waals surface area (Å²) < 4.78 is 0. The van der Waals surface area contributed by atoms with Crippen LogP contribution in [0.15, 0.2) is 30.3 Å². The molecule has 78 valence electrons. The predicted octanol–water partition coefficient (Wildman–Crippen LogP) is 0.975. The molecule has 1 heterocycles. The fourth-order valence-electron chi connectivity index (χ4n) is 1.83. The van der Waals surface area contributed by atoms with E-state index in [2.05, 4.69) is 0 Å². The van der Waals surface area contributed by atoms with Gasteiger partial charge in [0.25, 0.3) is 0 Å². The van der Waals surface area contributed by atoms with E-state index < -0.39 is 5.92 Å². The van der Waals surface area contributed by atoms with Gasteiger partial charge in [-0.15, -0.1) is 0 Å². The second-order valence-corrected chi connectivity index (χ2v) is 3.62. The molecular formula is C11H13N3O. The molecular weight excluding hydrogens is 190 g/mol. The van der Waals surface area contributed by atoms with Crippen molar-refractivity contribution in [1.29, 1.82) is 5.41 Å². The van der Waals surface area contributed by atoms with Crippen molar-refractivity contribution in [3.63, 3.8) is 0 Å². The summed E-state index contributed by atoms with van der Waals surface area (Å²) in [6.45, 7) is 0.646. The highest BCUT2D eigenvalue weighted by molar-refractivity contribution is 6.09. The Bertz CT molecular complexity index is 388. The monoisotopic (exact) mass is 203 g/mol. The van der Waals surface area contributed by atoms with Gasteiger partial charge in [0, 0.05) is 12.2 Å². The Labute approximate surface area is 88.2 Å². The lowest BCUT2D eigenvalue weighted by Crippen LogP contribution is -2.32. The van der Waals surface area contributed by atoms with Crippen molar-refractivity contribution >= 4 is 17.4 Å². The highest BCUT2D eigenvalue weighted by Crippen LogP contribution is 2.24. The molecule has 1 aliphatic rings. The maximum atomic E-state index is 11.9. The van der Waals surface area contributed by atoms with Crippen LogP contribution in [0.1, 0.15) is 6.42 Å². The Hall–Kier alpha value is -1.84. The maximum Gasteiger partial charge on any atom is 0.237 e. The van der Waals surface area contributed by atoms with Gasteiger partial charge in [-0.25, -0.2) is 0 Å². The number of benzene rings is 1. The van der Waals surface area contributed by atoms with Crippen LogP contribution in [0.2, 0.25) is 0 Å². The number of hydrogen-bond acceptors (Lipinski definition) is 2. The van der Waals surface area contributed by atoms with Crippen LogP contribution in [0, 0.1) is 11.3 Å². The van der Waals surface area contributed by atoms with E-state index in [1.54, 1.807) is 4.90 Å². The van der Waals surface area contributed by atoms with Crippen molar-refractivity contribution in [3.05, 3.63) is 30.3 Å². The maximum absolute atomic E-state index is 11.9. The first-order valence-corrected chi connectivity index (χ1v) is 4.90. The Morgan fingerprint density at radius 1 is 1.40 bits per heavy atom. The molecule has 1 unspecified atom stereocenters. The summed E-state index contributed by atoms with van der Waals surface area (Å²) in [4.78, 5) is 13.5. The quantitative estimate of drug-likeness (QED) is 0.555. The van der Waals surface area contributed by atoms with Gasteiger partial charge in [0.1, 0.15) is 5.84 Å². The zero-order chi connectivity index (χ0) is 10.8. The molecule has 1 aromatic rings. The fraction of sp³-hybridized carbons (Fsp3) is 0.273. The molecule has 4 nitrogen and oxygen atoms in total. The molecule has 0 radical (unpaired) electrons. The van der Waals surface area contributed by atoms with Gasteiger partial charge in [-0.2, -0.15) is 0 Å². The van der Waals surface area contributed by atoms with Crippen LogP contribution in [0.5, 0.6) is 0 Å². The molecule has 1 fully saturated rings. The summed E-state index contributed by atoms with van der Waals surface area (Å²) >= 11 is 0. The third kappa shape index (κ3) is 1.70. The van der Waals surface area contributed by atoms with E-state index in [0.29, 0.717) is 13.0 Å². The molecule has 2 rings (SSSR count). The number of nitrogens with one attached hydrogen (secondary N) is 1. The van der Waals surface area contributed by atoms with Gasteiger partial charge in [0.15, 0.2) is 0 Å². The lowest BCUT2D eigenvalue weighted by atomic mass is 10.1. The number of nitrogens with two attached hydrogens (primary N) is 1. The van der Waals surface area contributed by atoms with Crippen molar-refractivity contribution in [2.24, 2.45) is 11.7 Å². The number of amides is 1. The van der Waals surface area contributed by atoms with Crippen LogP contribution in [0.25, 0.3) is 0 Å². The Balaban J connectivity index is 2.21. The smallest absolute Gasteiger partial charge is 0.237 e. The van der Waals surface area contributed by atoms with Crippen molar-refractivity contribution in [1.82, 2.24) is 0 Å². The minimum absolute atomic E-state index is 0.0292. The standard InChI is InChI=1S/C11H13N3O/c12-10(13)9-6-7-14(11(9)15)8-4-2-1-3-5-8/h1-5,9H,6-7H2,(H3,12,13). The number of anilines is 1. The summed E-state index contributed by atoms with van der Waals surface area (Å²) in [5.41, 5.74) is 6.25. The molecule has 0 saturated carbocycles. The predicted molar refractivity (Wildman–Crippen MR) is 58.8 cm³/mol. The molecule has 0 spiro atoms. The van der Waals surface area contributed by atoms with Crippen molar-refractivity contribution in [2.45, 2.75) is 6.42 Å². The van der Waals surface area contributed by atoms with Gasteiger partial charge in [-0.05, 0) is 18.6 Å². The average Bonchev–Trinajstić information content (AvgIpc) is 2.61. The Morgan fingerprint density at radius 2 is 2.07 bits per heavy atom. The van der Waals surface area contributed by atoms with E-state index in [1.165, 1.54) is 0 Å². The highest BCUT2D eigenvalue weighted by atomic mass is 16.2. The highest BCUT2D eigenvalue weighted by Gasteiger charge is 2.34. The summed E-state index contributed by atoms with van der Waals surface area (Å²) in [7, 11) is 0. The number of nitrogens with zero attached hydrogens (tertiary/aromatic N) is 1. The molecule has 1 aliphatic heterocycles. The van der Waals surface area contributed by atoms with Crippen molar-refractivity contribution in [3.8, 4) is 0 Å². The molecule has 1 amide bonds. The minimum atomic E-state index is -0.426. The second-order valence-electron chi connectivity index (χ2n) is 3.62. The van der Waals surface area contributed by atoms with Crippen molar-refractivity contribution in [2.75, 3.05) is 11.4 Å². The lowest BCUT2D eigenvalue weighted by molar-refractivity contribution is -0.118. The molecule has 15 heavy (non-hydrogen) atoms. The van der Waals surface area contributed by atoms with Gasteiger partial charge in [0.2, 0.25) is 5.91 Å². The van der Waals surface area contributed by atoms with Gasteiger partial charge in [-0.3, -0.25) is 10.2 Å². The lowest BCUT2D eigenvalue weighted by Gasteiger charge is -2.16. The van der Waals surface area contributed by atoms with Gasteiger partial charge < -0.3 is 10.6 Å². The molecule has 1 atom stereocenters. The minimum Gasteiger partial charge on any atom is -0.387 e. The summed E-state index contributed by atoms with van der Waals surface area (Å²) in [6.07, 6.45) is 0.642. The van der Waals surface area contributed by atoms with Gasteiger partial charge in [0.05, 0.1) is 5.92 Å². The Morgan fingerprint density at radius 3 is 2.60 bits per heavy atom. The van der Waals surface area contributed by atoms with Crippen LogP contribution in [0.3, 0.4) is 0 Å². The molecule has 0 aromatic heterocycles. The fourth-order valence-corrected chi connectivity index (χ4v) is 1.83. The molecule has 1 saturated heterocycles. The Kier molecular flexibility index (Phi) is 2.41. The van der Waals surface area contributed by atoms with E-state index in [0.717, 1.165) is 5.69 Å². The van der Waals surface area contributed by atoms with E-state index in [4.69, 9.17) is 11.1 Å². The molecule has 3 N–H and O–H groups in total. The summed E-state index contributed by atoms with van der Waals surface area (Å²) in [5.74, 6) is -0.516. The zero-order valence-electron chi connectivity index (χ0n) is 8.31. The van der Waals surface area contributed by atoms with Crippen LogP contribution >= 0.6 is 0 Å².